The number of β-lactam (4-membered cyclic amide) rings is 1. The number of amides is 2. The molecule has 0 aromatic heterocycles. The van der Waals surface area contributed by atoms with Crippen LogP contribution >= 0.6 is 11.8 Å². The fraction of sp³-hybridized carbons (Fsp3) is 0.267. The molecule has 0 aliphatic carbocycles. The molecule has 2 N–H and O–H groups in total. The molecule has 2 aliphatic rings. The molecular formula is C15H14N2O6S. The van der Waals surface area contributed by atoms with E-state index in [9.17, 15) is 24.6 Å². The van der Waals surface area contributed by atoms with Gasteiger partial charge in [0, 0.05) is 6.92 Å². The second-order valence-corrected chi connectivity index (χ2v) is 6.31. The maximum absolute atomic E-state index is 12.4. The number of para-hydroxylation sites is 1. The number of nitrogens with zero attached hydrogens (tertiary/aromatic N) is 2. The summed E-state index contributed by atoms with van der Waals surface area (Å²) in [5.41, 5.74) is -0.441. The number of carbonyl (C=O) groups is 3. The summed E-state index contributed by atoms with van der Waals surface area (Å²) in [6.45, 7) is 1.26. The Hall–Kier alpha value is -2.68. The Balaban J connectivity index is 1.86. The van der Waals surface area contributed by atoms with Crippen molar-refractivity contribution in [1.29, 1.82) is 0 Å². The number of hydrogen-bond donors (Lipinski definition) is 2. The third-order valence-corrected chi connectivity index (χ3v) is 4.88. The van der Waals surface area contributed by atoms with E-state index in [1.807, 2.05) is 0 Å². The van der Waals surface area contributed by atoms with Gasteiger partial charge in [0.25, 0.3) is 11.8 Å². The van der Waals surface area contributed by atoms with Crippen molar-refractivity contribution in [2.45, 2.75) is 18.3 Å². The highest BCUT2D eigenvalue weighted by Crippen LogP contribution is 2.42. The second-order valence-electron chi connectivity index (χ2n) is 5.20. The van der Waals surface area contributed by atoms with Gasteiger partial charge in [-0.25, -0.2) is 4.79 Å². The average Bonchev–Trinajstić information content (AvgIpc) is 2.55. The molecule has 2 atom stereocenters. The molecule has 3 rings (SSSR count). The van der Waals surface area contributed by atoms with Gasteiger partial charge < -0.3 is 15.1 Å². The Bertz CT molecular complexity index is 735. The quantitative estimate of drug-likeness (QED) is 0.615. The highest BCUT2D eigenvalue weighted by molar-refractivity contribution is 8.00. The summed E-state index contributed by atoms with van der Waals surface area (Å²) in [5.74, 6) is -2.41. The Labute approximate surface area is 141 Å². The summed E-state index contributed by atoms with van der Waals surface area (Å²) >= 11 is 1.17. The van der Waals surface area contributed by atoms with Gasteiger partial charge in [-0.2, -0.15) is 5.06 Å². The molecule has 0 bridgehead atoms. The average molecular weight is 350 g/mol. The number of thioether (sulfide) groups is 1. The van der Waals surface area contributed by atoms with E-state index in [2.05, 4.69) is 0 Å². The number of fused-ring (bicyclic) bond motifs is 1. The lowest BCUT2D eigenvalue weighted by Crippen LogP contribution is -2.71. The van der Waals surface area contributed by atoms with Gasteiger partial charge in [0.1, 0.15) is 11.1 Å². The number of aliphatic carboxylic acids is 1. The third-order valence-electron chi connectivity index (χ3n) is 3.63. The van der Waals surface area contributed by atoms with Crippen molar-refractivity contribution in [3.05, 3.63) is 41.8 Å². The number of hydrogen-bond acceptors (Lipinski definition) is 6. The predicted molar refractivity (Wildman–Crippen MR) is 83.8 cm³/mol. The predicted octanol–water partition coefficient (Wildman–Crippen LogP) is 0.967. The molecule has 8 nitrogen and oxygen atoms in total. The number of aliphatic hydroxyl groups excluding tert-OH is 1. The van der Waals surface area contributed by atoms with Crippen LogP contribution in [0.3, 0.4) is 0 Å². The lowest BCUT2D eigenvalue weighted by Gasteiger charge is -2.50. The lowest BCUT2D eigenvalue weighted by molar-refractivity contribution is -0.187. The summed E-state index contributed by atoms with van der Waals surface area (Å²) in [6.07, 6.45) is 0. The van der Waals surface area contributed by atoms with Gasteiger partial charge in [0.2, 0.25) is 0 Å². The van der Waals surface area contributed by atoms with Crippen LogP contribution < -0.4 is 4.84 Å². The Morgan fingerprint density at radius 2 is 2.00 bits per heavy atom. The maximum Gasteiger partial charge on any atom is 0.356 e. The second kappa shape index (κ2) is 6.08. The maximum atomic E-state index is 12.4. The summed E-state index contributed by atoms with van der Waals surface area (Å²) < 4.78 is 0. The molecule has 0 radical (unpaired) electrons. The standard InChI is InChI=1S/C15H14N2O6S/c1-8(18)17(23-9-5-3-2-4-6-9)12-13(20)16-11(15(21)22)10(19)7-24-14(12)16/h2-6,12,14,19H,7H2,1H3,(H,21,22). The van der Waals surface area contributed by atoms with Gasteiger partial charge in [0.05, 0.1) is 5.75 Å². The summed E-state index contributed by atoms with van der Waals surface area (Å²) in [5, 5.41) is 19.2. The van der Waals surface area contributed by atoms with E-state index in [-0.39, 0.29) is 11.5 Å². The Morgan fingerprint density at radius 1 is 1.33 bits per heavy atom. The van der Waals surface area contributed by atoms with Gasteiger partial charge in [0.15, 0.2) is 17.5 Å². The Kier molecular flexibility index (Phi) is 4.10. The van der Waals surface area contributed by atoms with Gasteiger partial charge in [-0.05, 0) is 12.1 Å². The zero-order chi connectivity index (χ0) is 17.4. The summed E-state index contributed by atoms with van der Waals surface area (Å²) in [4.78, 5) is 42.1. The molecule has 1 aromatic rings. The zero-order valence-electron chi connectivity index (χ0n) is 12.6. The van der Waals surface area contributed by atoms with Crippen LogP contribution in [0.1, 0.15) is 6.92 Å². The number of benzene rings is 1. The largest absolute Gasteiger partial charge is 0.509 e. The van der Waals surface area contributed by atoms with Gasteiger partial charge in [-0.15, -0.1) is 11.8 Å². The van der Waals surface area contributed by atoms with Crippen LogP contribution in [0.5, 0.6) is 5.75 Å². The molecule has 9 heteroatoms. The van der Waals surface area contributed by atoms with E-state index in [1.165, 1.54) is 18.7 Å². The zero-order valence-corrected chi connectivity index (χ0v) is 13.4. The molecule has 0 spiro atoms. The van der Waals surface area contributed by atoms with E-state index >= 15 is 0 Å². The third kappa shape index (κ3) is 2.56. The number of aliphatic hydroxyl groups is 1. The van der Waals surface area contributed by atoms with Crippen molar-refractivity contribution in [1.82, 2.24) is 9.96 Å². The molecule has 1 fully saturated rings. The molecule has 24 heavy (non-hydrogen) atoms. The van der Waals surface area contributed by atoms with Crippen LogP contribution in [0.15, 0.2) is 41.8 Å². The molecule has 2 heterocycles. The number of rotatable bonds is 4. The number of carboxylic acids is 1. The van der Waals surface area contributed by atoms with E-state index in [1.54, 1.807) is 30.3 Å². The number of carbonyl (C=O) groups excluding carboxylic acids is 2. The van der Waals surface area contributed by atoms with E-state index in [4.69, 9.17) is 4.84 Å². The monoisotopic (exact) mass is 350 g/mol. The first kappa shape index (κ1) is 16.2. The van der Waals surface area contributed by atoms with Crippen molar-refractivity contribution in [2.24, 2.45) is 0 Å². The number of carboxylic acid groups (broad SMARTS) is 1. The van der Waals surface area contributed by atoms with Crippen LogP contribution in [0.25, 0.3) is 0 Å². The Morgan fingerprint density at radius 3 is 2.58 bits per heavy atom. The minimum Gasteiger partial charge on any atom is -0.509 e. The molecule has 126 valence electrons. The molecule has 1 saturated heterocycles. The van der Waals surface area contributed by atoms with E-state index in [0.717, 1.165) is 9.96 Å². The molecule has 2 unspecified atom stereocenters. The van der Waals surface area contributed by atoms with Crippen LogP contribution in [0.2, 0.25) is 0 Å². The SMILES string of the molecule is CC(=O)N(Oc1ccccc1)C1C(=O)N2C(C(=O)O)=C(O)CSC12. The molecule has 2 aliphatic heterocycles. The van der Waals surface area contributed by atoms with Crippen LogP contribution in [-0.2, 0) is 14.4 Å². The summed E-state index contributed by atoms with van der Waals surface area (Å²) in [6, 6.07) is 7.56. The van der Waals surface area contributed by atoms with Gasteiger partial charge >= 0.3 is 5.97 Å². The normalized spacial score (nSPS) is 22.5. The van der Waals surface area contributed by atoms with Crippen molar-refractivity contribution in [3.63, 3.8) is 0 Å². The van der Waals surface area contributed by atoms with E-state index in [0.29, 0.717) is 5.75 Å². The van der Waals surface area contributed by atoms with Crippen molar-refractivity contribution < 1.29 is 29.4 Å². The lowest BCUT2D eigenvalue weighted by atomic mass is 10.0. The minimum atomic E-state index is -1.39. The van der Waals surface area contributed by atoms with Crippen LogP contribution in [0.4, 0.5) is 0 Å². The first-order valence-electron chi connectivity index (χ1n) is 7.04. The van der Waals surface area contributed by atoms with Gasteiger partial charge in [-0.1, -0.05) is 18.2 Å². The van der Waals surface area contributed by atoms with Gasteiger partial charge in [-0.3, -0.25) is 14.5 Å². The highest BCUT2D eigenvalue weighted by atomic mass is 32.2. The minimum absolute atomic E-state index is 0.0453. The van der Waals surface area contributed by atoms with Crippen molar-refractivity contribution >= 4 is 29.5 Å². The molecule has 2 amide bonds. The van der Waals surface area contributed by atoms with E-state index < -0.39 is 34.9 Å². The molecule has 1 aromatic carbocycles. The first-order chi connectivity index (χ1) is 11.4. The number of hydroxylamine groups is 2. The smallest absolute Gasteiger partial charge is 0.356 e. The summed E-state index contributed by atoms with van der Waals surface area (Å²) in [7, 11) is 0. The van der Waals surface area contributed by atoms with Crippen LogP contribution in [0, 0.1) is 0 Å². The van der Waals surface area contributed by atoms with Crippen LogP contribution in [-0.4, -0.2) is 55.1 Å². The molecule has 0 saturated carbocycles. The van der Waals surface area contributed by atoms with Crippen molar-refractivity contribution in [2.75, 3.05) is 5.75 Å². The fourth-order valence-corrected chi connectivity index (χ4v) is 3.81. The highest BCUT2D eigenvalue weighted by Gasteiger charge is 2.58. The fourth-order valence-electron chi connectivity index (χ4n) is 2.58. The topological polar surface area (TPSA) is 107 Å². The molecular weight excluding hydrogens is 336 g/mol. The van der Waals surface area contributed by atoms with Crippen molar-refractivity contribution in [3.8, 4) is 5.75 Å². The first-order valence-corrected chi connectivity index (χ1v) is 8.09.